The second kappa shape index (κ2) is 9.70. The maximum absolute atomic E-state index is 13.6. The van der Waals surface area contributed by atoms with Gasteiger partial charge in [0.1, 0.15) is 11.4 Å². The lowest BCUT2D eigenvalue weighted by molar-refractivity contribution is -0.115. The average molecular weight is 474 g/mol. The molecule has 1 N–H and O–H groups in total. The molecule has 8 heteroatoms. The molecule has 0 aliphatic carbocycles. The van der Waals surface area contributed by atoms with E-state index in [9.17, 15) is 22.0 Å². The van der Waals surface area contributed by atoms with E-state index in [-0.39, 0.29) is 23.0 Å². The monoisotopic (exact) mass is 473 g/mol. The molecule has 3 aromatic carbocycles. The number of amides is 1. The summed E-state index contributed by atoms with van der Waals surface area (Å²) in [4.78, 5) is 12.6. The largest absolute Gasteiger partial charge is 0.483 e. The highest BCUT2D eigenvalue weighted by Gasteiger charge is 2.24. The number of hydrogen-bond acceptors (Lipinski definition) is 4. The minimum atomic E-state index is -3.28. The second-order valence-corrected chi connectivity index (χ2v) is 10.3. The normalized spacial score (nSPS) is 11.8. The molecule has 0 aliphatic rings. The van der Waals surface area contributed by atoms with E-state index in [2.05, 4.69) is 5.32 Å². The van der Waals surface area contributed by atoms with Crippen LogP contribution in [0.1, 0.15) is 31.9 Å². The molecule has 33 heavy (non-hydrogen) atoms. The van der Waals surface area contributed by atoms with Gasteiger partial charge in [-0.15, -0.1) is 0 Å². The number of benzene rings is 3. The predicted octanol–water partition coefficient (Wildman–Crippen LogP) is 5.25. The van der Waals surface area contributed by atoms with E-state index in [4.69, 9.17) is 4.74 Å². The van der Waals surface area contributed by atoms with E-state index in [0.717, 1.165) is 12.1 Å². The smallest absolute Gasteiger partial charge is 0.228 e. The van der Waals surface area contributed by atoms with Gasteiger partial charge >= 0.3 is 0 Å². The van der Waals surface area contributed by atoms with Crippen LogP contribution >= 0.6 is 0 Å². The Morgan fingerprint density at radius 3 is 2.15 bits per heavy atom. The third kappa shape index (κ3) is 6.16. The van der Waals surface area contributed by atoms with E-state index in [1.807, 2.05) is 0 Å². The van der Waals surface area contributed by atoms with Gasteiger partial charge in [-0.25, -0.2) is 17.2 Å². The Balaban J connectivity index is 1.61. The van der Waals surface area contributed by atoms with Gasteiger partial charge in [-0.05, 0) is 73.5 Å². The number of halogens is 2. The van der Waals surface area contributed by atoms with Crippen LogP contribution in [0, 0.1) is 11.6 Å². The van der Waals surface area contributed by atoms with Crippen molar-refractivity contribution in [2.45, 2.75) is 37.7 Å². The van der Waals surface area contributed by atoms with Crippen LogP contribution in [-0.4, -0.2) is 20.1 Å². The van der Waals surface area contributed by atoms with E-state index >= 15 is 0 Å². The Labute approximate surface area is 192 Å². The van der Waals surface area contributed by atoms with Crippen molar-refractivity contribution in [2.75, 3.05) is 11.1 Å². The first-order chi connectivity index (χ1) is 15.5. The fourth-order valence-electron chi connectivity index (χ4n) is 3.20. The summed E-state index contributed by atoms with van der Waals surface area (Å²) in [6, 6.07) is 16.6. The molecule has 3 rings (SSSR count). The van der Waals surface area contributed by atoms with Gasteiger partial charge in [-0.3, -0.25) is 4.79 Å². The SMILES string of the molecule is CCS(=O)(=O)c1ccc(CC(=O)Nc2ccc(OC(C)(C)c3ccc(F)c(F)c3)cc2)cc1. The predicted molar refractivity (Wildman–Crippen MR) is 123 cm³/mol. The van der Waals surface area contributed by atoms with Crippen molar-refractivity contribution >= 4 is 21.4 Å². The van der Waals surface area contributed by atoms with Gasteiger partial charge in [-0.2, -0.15) is 0 Å². The van der Waals surface area contributed by atoms with Crippen LogP contribution in [0.4, 0.5) is 14.5 Å². The Morgan fingerprint density at radius 2 is 1.58 bits per heavy atom. The van der Waals surface area contributed by atoms with Crippen molar-refractivity contribution in [3.8, 4) is 5.75 Å². The van der Waals surface area contributed by atoms with Crippen LogP contribution in [0.5, 0.6) is 5.75 Å². The van der Waals surface area contributed by atoms with Crippen molar-refractivity contribution in [1.82, 2.24) is 0 Å². The molecule has 0 fully saturated rings. The minimum absolute atomic E-state index is 0.0184. The summed E-state index contributed by atoms with van der Waals surface area (Å²) in [5, 5.41) is 2.78. The van der Waals surface area contributed by atoms with Crippen molar-refractivity contribution in [3.05, 3.63) is 89.5 Å². The first kappa shape index (κ1) is 24.4. The summed E-state index contributed by atoms with van der Waals surface area (Å²) in [6.07, 6.45) is 0.0911. The van der Waals surface area contributed by atoms with Gasteiger partial charge in [0.25, 0.3) is 0 Å². The van der Waals surface area contributed by atoms with Crippen molar-refractivity contribution < 1.29 is 26.7 Å². The molecular formula is C25H25F2NO4S. The highest BCUT2D eigenvalue weighted by atomic mass is 32.2. The molecule has 3 aromatic rings. The van der Waals surface area contributed by atoms with E-state index in [1.165, 1.54) is 18.2 Å². The van der Waals surface area contributed by atoms with Gasteiger partial charge in [-0.1, -0.05) is 25.1 Å². The molecule has 5 nitrogen and oxygen atoms in total. The third-order valence-electron chi connectivity index (χ3n) is 5.15. The van der Waals surface area contributed by atoms with Crippen LogP contribution in [0.2, 0.25) is 0 Å². The van der Waals surface area contributed by atoms with Crippen molar-refractivity contribution in [3.63, 3.8) is 0 Å². The summed E-state index contributed by atoms with van der Waals surface area (Å²) >= 11 is 0. The maximum Gasteiger partial charge on any atom is 0.228 e. The number of anilines is 1. The lowest BCUT2D eigenvalue weighted by Crippen LogP contribution is -2.25. The summed E-state index contributed by atoms with van der Waals surface area (Å²) in [7, 11) is -3.28. The lowest BCUT2D eigenvalue weighted by Gasteiger charge is -2.27. The van der Waals surface area contributed by atoms with E-state index in [1.54, 1.807) is 57.2 Å². The second-order valence-electron chi connectivity index (χ2n) is 8.04. The van der Waals surface area contributed by atoms with Crippen LogP contribution < -0.4 is 10.1 Å². The van der Waals surface area contributed by atoms with Crippen LogP contribution in [-0.2, 0) is 26.7 Å². The number of rotatable bonds is 8. The Morgan fingerprint density at radius 1 is 0.939 bits per heavy atom. The first-order valence-electron chi connectivity index (χ1n) is 10.4. The van der Waals surface area contributed by atoms with Crippen molar-refractivity contribution in [2.24, 2.45) is 0 Å². The van der Waals surface area contributed by atoms with Gasteiger partial charge in [0.2, 0.25) is 5.91 Å². The van der Waals surface area contributed by atoms with Crippen LogP contribution in [0.15, 0.2) is 71.6 Å². The molecule has 1 amide bonds. The number of carbonyl (C=O) groups excluding carboxylic acids is 1. The minimum Gasteiger partial charge on any atom is -0.483 e. The summed E-state index contributed by atoms with van der Waals surface area (Å²) in [5.74, 6) is -1.60. The van der Waals surface area contributed by atoms with Gasteiger partial charge in [0, 0.05) is 5.69 Å². The highest BCUT2D eigenvalue weighted by molar-refractivity contribution is 7.91. The molecule has 0 saturated heterocycles. The highest BCUT2D eigenvalue weighted by Crippen LogP contribution is 2.29. The molecule has 0 atom stereocenters. The average Bonchev–Trinajstić information content (AvgIpc) is 2.77. The van der Waals surface area contributed by atoms with Crippen LogP contribution in [0.25, 0.3) is 0 Å². The number of carbonyl (C=O) groups is 1. The Hall–Kier alpha value is -3.26. The quantitative estimate of drug-likeness (QED) is 0.485. The molecule has 174 valence electrons. The number of ether oxygens (including phenoxy) is 1. The fraction of sp³-hybridized carbons (Fsp3) is 0.240. The molecule has 0 aliphatic heterocycles. The van der Waals surface area contributed by atoms with E-state index < -0.39 is 27.1 Å². The zero-order valence-corrected chi connectivity index (χ0v) is 19.4. The molecule has 0 heterocycles. The lowest BCUT2D eigenvalue weighted by atomic mass is 9.97. The molecule has 0 spiro atoms. The molecular weight excluding hydrogens is 448 g/mol. The van der Waals surface area contributed by atoms with Gasteiger partial charge < -0.3 is 10.1 Å². The molecule has 0 aromatic heterocycles. The Bertz CT molecular complexity index is 1240. The summed E-state index contributed by atoms with van der Waals surface area (Å²) < 4.78 is 56.5. The third-order valence-corrected chi connectivity index (χ3v) is 6.90. The first-order valence-corrected chi connectivity index (χ1v) is 12.0. The number of hydrogen-bond donors (Lipinski definition) is 1. The zero-order valence-electron chi connectivity index (χ0n) is 18.6. The number of nitrogens with one attached hydrogen (secondary N) is 1. The zero-order chi connectivity index (χ0) is 24.2. The molecule has 0 radical (unpaired) electrons. The number of sulfone groups is 1. The molecule has 0 unspecified atom stereocenters. The topological polar surface area (TPSA) is 72.5 Å². The van der Waals surface area contributed by atoms with Crippen LogP contribution in [0.3, 0.4) is 0 Å². The molecule has 0 bridgehead atoms. The fourth-order valence-corrected chi connectivity index (χ4v) is 4.09. The van der Waals surface area contributed by atoms with Gasteiger partial charge in [0.15, 0.2) is 21.5 Å². The molecule has 0 saturated carbocycles. The standard InChI is InChI=1S/C25H25F2NO4S/c1-4-33(30,31)21-12-5-17(6-13-21)15-24(29)28-19-8-10-20(11-9-19)32-25(2,3)18-7-14-22(26)23(27)16-18/h5-14,16H,4,15H2,1-3H3,(H,28,29). The summed E-state index contributed by atoms with van der Waals surface area (Å²) in [5.41, 5.74) is 0.826. The van der Waals surface area contributed by atoms with Crippen molar-refractivity contribution in [1.29, 1.82) is 0 Å². The summed E-state index contributed by atoms with van der Waals surface area (Å²) in [6.45, 7) is 5.06. The Kier molecular flexibility index (Phi) is 7.17. The maximum atomic E-state index is 13.6. The van der Waals surface area contributed by atoms with Gasteiger partial charge in [0.05, 0.1) is 17.1 Å². The van der Waals surface area contributed by atoms with E-state index in [0.29, 0.717) is 22.6 Å².